The van der Waals surface area contributed by atoms with Crippen LogP contribution in [-0.4, -0.2) is 31.7 Å². The molecule has 98 valence electrons. The molecule has 0 rings (SSSR count). The number of rotatable bonds is 8. The van der Waals surface area contributed by atoms with Crippen molar-refractivity contribution in [1.82, 2.24) is 5.32 Å². The number of carbonyl (C=O) groups excluding carboxylic acids is 1. The molecule has 0 saturated heterocycles. The fourth-order valence-corrected chi connectivity index (χ4v) is 1.08. The largest absolute Gasteiger partial charge is 0.382 e. The predicted octanol–water partition coefficient (Wildman–Crippen LogP) is 1.32. The van der Waals surface area contributed by atoms with Gasteiger partial charge in [0.25, 0.3) is 0 Å². The fourth-order valence-electron chi connectivity index (χ4n) is 1.08. The summed E-state index contributed by atoms with van der Waals surface area (Å²) in [6, 6.07) is -0.0894. The lowest BCUT2D eigenvalue weighted by molar-refractivity contribution is -0.124. The second kappa shape index (κ2) is 11.2. The van der Waals surface area contributed by atoms with Gasteiger partial charge in [0, 0.05) is 31.7 Å². The van der Waals surface area contributed by atoms with E-state index in [0.29, 0.717) is 6.54 Å². The summed E-state index contributed by atoms with van der Waals surface area (Å²) in [5.41, 5.74) is 5.63. The lowest BCUT2D eigenvalue weighted by Gasteiger charge is -2.15. The molecule has 0 spiro atoms. The summed E-state index contributed by atoms with van der Waals surface area (Å²) in [5.74, 6) is -0.0710. The van der Waals surface area contributed by atoms with Gasteiger partial charge in [-0.25, -0.2) is 0 Å². The van der Waals surface area contributed by atoms with Crippen molar-refractivity contribution < 1.29 is 9.53 Å². The maximum Gasteiger partial charge on any atom is 0.224 e. The van der Waals surface area contributed by atoms with Gasteiger partial charge in [0.15, 0.2) is 0 Å². The van der Waals surface area contributed by atoms with Crippen molar-refractivity contribution in [3.05, 3.63) is 0 Å². The van der Waals surface area contributed by atoms with Crippen LogP contribution in [0.25, 0.3) is 0 Å². The summed E-state index contributed by atoms with van der Waals surface area (Å²) in [5, 5.41) is 2.87. The maximum atomic E-state index is 11.5. The number of nitrogens with one attached hydrogen (secondary N) is 1. The lowest BCUT2D eigenvalue weighted by atomic mass is 10.0. The van der Waals surface area contributed by atoms with E-state index in [4.69, 9.17) is 10.5 Å². The number of ether oxygens (including phenoxy) is 1. The minimum atomic E-state index is -0.114. The predicted molar refractivity (Wildman–Crippen MR) is 68.8 cm³/mol. The van der Waals surface area contributed by atoms with E-state index < -0.39 is 0 Å². The number of hydrogen-bond donors (Lipinski definition) is 2. The van der Waals surface area contributed by atoms with E-state index in [1.165, 1.54) is 0 Å². The molecule has 0 radical (unpaired) electrons. The number of hydrogen-bond acceptors (Lipinski definition) is 3. The van der Waals surface area contributed by atoms with Crippen molar-refractivity contribution in [1.29, 1.82) is 0 Å². The van der Waals surface area contributed by atoms with Crippen molar-refractivity contribution in [2.24, 2.45) is 11.7 Å². The summed E-state index contributed by atoms with van der Waals surface area (Å²) in [4.78, 5) is 11.5. The molecule has 5 heteroatoms. The maximum absolute atomic E-state index is 11.5. The van der Waals surface area contributed by atoms with Crippen LogP contribution in [0.2, 0.25) is 0 Å². The van der Waals surface area contributed by atoms with Gasteiger partial charge < -0.3 is 15.8 Å². The zero-order chi connectivity index (χ0) is 11.7. The van der Waals surface area contributed by atoms with Crippen LogP contribution in [0.15, 0.2) is 0 Å². The van der Waals surface area contributed by atoms with E-state index in [2.05, 4.69) is 5.32 Å². The first-order valence-corrected chi connectivity index (χ1v) is 5.70. The van der Waals surface area contributed by atoms with Crippen molar-refractivity contribution >= 4 is 18.3 Å². The molecule has 0 heterocycles. The molecule has 0 aromatic heterocycles. The third-order valence-corrected chi connectivity index (χ3v) is 2.42. The highest BCUT2D eigenvalue weighted by atomic mass is 35.5. The molecule has 4 nitrogen and oxygen atoms in total. The van der Waals surface area contributed by atoms with Gasteiger partial charge in [-0.1, -0.05) is 6.92 Å². The van der Waals surface area contributed by atoms with E-state index in [0.717, 1.165) is 26.1 Å². The van der Waals surface area contributed by atoms with Gasteiger partial charge in [-0.2, -0.15) is 0 Å². The van der Waals surface area contributed by atoms with Crippen LogP contribution in [0.5, 0.6) is 0 Å². The molecule has 0 aliphatic heterocycles. The molecule has 1 amide bonds. The Kier molecular flexibility index (Phi) is 12.6. The number of unbranched alkanes of at least 4 members (excludes halogenated alkanes) is 1. The number of carbonyl (C=O) groups is 1. The molecule has 2 unspecified atom stereocenters. The topological polar surface area (TPSA) is 64.3 Å². The van der Waals surface area contributed by atoms with Gasteiger partial charge in [0.05, 0.1) is 0 Å². The van der Waals surface area contributed by atoms with Gasteiger partial charge in [-0.15, -0.1) is 12.4 Å². The molecule has 3 N–H and O–H groups in total. The second-order valence-corrected chi connectivity index (χ2v) is 3.84. The van der Waals surface area contributed by atoms with E-state index in [1.54, 1.807) is 0 Å². The van der Waals surface area contributed by atoms with Crippen LogP contribution in [0.4, 0.5) is 0 Å². The minimum Gasteiger partial charge on any atom is -0.382 e. The van der Waals surface area contributed by atoms with Gasteiger partial charge in [-0.05, 0) is 26.7 Å². The molecule has 0 aromatic rings. The number of halogens is 1. The Bertz CT molecular complexity index is 177. The third kappa shape index (κ3) is 8.95. The molecule has 16 heavy (non-hydrogen) atoms. The summed E-state index contributed by atoms with van der Waals surface area (Å²) >= 11 is 0. The molecule has 2 atom stereocenters. The third-order valence-electron chi connectivity index (χ3n) is 2.42. The second-order valence-electron chi connectivity index (χ2n) is 3.84. The van der Waals surface area contributed by atoms with Crippen molar-refractivity contribution in [2.45, 2.75) is 39.7 Å². The number of nitrogens with two attached hydrogens (primary N) is 1. The zero-order valence-corrected chi connectivity index (χ0v) is 11.3. The monoisotopic (exact) mass is 252 g/mol. The van der Waals surface area contributed by atoms with Crippen LogP contribution >= 0.6 is 12.4 Å². The van der Waals surface area contributed by atoms with E-state index in [1.807, 2.05) is 20.8 Å². The standard InChI is InChI=1S/C11H24N2O2.ClH/c1-4-15-8-6-5-7-13-11(14)9(2)10(3)12;/h9-10H,4-8,12H2,1-3H3,(H,13,14);1H. The quantitative estimate of drug-likeness (QED) is 0.641. The zero-order valence-electron chi connectivity index (χ0n) is 10.5. The Balaban J connectivity index is 0. The first-order valence-electron chi connectivity index (χ1n) is 5.70. The van der Waals surface area contributed by atoms with Crippen molar-refractivity contribution in [3.63, 3.8) is 0 Å². The Labute approximate surface area is 105 Å². The Morgan fingerprint density at radius 1 is 1.38 bits per heavy atom. The summed E-state index contributed by atoms with van der Waals surface area (Å²) < 4.78 is 5.19. The van der Waals surface area contributed by atoms with Crippen molar-refractivity contribution in [3.8, 4) is 0 Å². The van der Waals surface area contributed by atoms with E-state index in [-0.39, 0.29) is 30.3 Å². The smallest absolute Gasteiger partial charge is 0.224 e. The van der Waals surface area contributed by atoms with Crippen LogP contribution in [0.1, 0.15) is 33.6 Å². The normalized spacial score (nSPS) is 13.8. The molecule has 0 fully saturated rings. The van der Waals surface area contributed by atoms with Gasteiger partial charge in [-0.3, -0.25) is 4.79 Å². The highest BCUT2D eigenvalue weighted by Crippen LogP contribution is 1.99. The van der Waals surface area contributed by atoms with Crippen LogP contribution < -0.4 is 11.1 Å². The Hall–Kier alpha value is -0.320. The summed E-state index contributed by atoms with van der Waals surface area (Å²) in [6.45, 7) is 7.91. The van der Waals surface area contributed by atoms with E-state index >= 15 is 0 Å². The SMILES string of the molecule is CCOCCCCNC(=O)C(C)C(C)N.Cl. The minimum absolute atomic E-state index is 0. The average molecular weight is 253 g/mol. The lowest BCUT2D eigenvalue weighted by Crippen LogP contribution is -2.38. The molecule has 0 saturated carbocycles. The van der Waals surface area contributed by atoms with Gasteiger partial charge in [0.1, 0.15) is 0 Å². The van der Waals surface area contributed by atoms with Gasteiger partial charge >= 0.3 is 0 Å². The molecule has 0 aliphatic carbocycles. The highest BCUT2D eigenvalue weighted by Gasteiger charge is 2.15. The van der Waals surface area contributed by atoms with Crippen LogP contribution in [-0.2, 0) is 9.53 Å². The Morgan fingerprint density at radius 2 is 2.00 bits per heavy atom. The van der Waals surface area contributed by atoms with Crippen LogP contribution in [0, 0.1) is 5.92 Å². The Morgan fingerprint density at radius 3 is 2.50 bits per heavy atom. The number of amides is 1. The first kappa shape index (κ1) is 18.1. The molecular weight excluding hydrogens is 228 g/mol. The fraction of sp³-hybridized carbons (Fsp3) is 0.909. The van der Waals surface area contributed by atoms with Gasteiger partial charge in [0.2, 0.25) is 5.91 Å². The molecular formula is C11H25ClN2O2. The first-order chi connectivity index (χ1) is 7.09. The molecule has 0 aliphatic rings. The molecule has 0 aromatic carbocycles. The highest BCUT2D eigenvalue weighted by molar-refractivity contribution is 5.85. The summed E-state index contributed by atoms with van der Waals surface area (Å²) in [7, 11) is 0. The summed E-state index contributed by atoms with van der Waals surface area (Å²) in [6.07, 6.45) is 1.94. The van der Waals surface area contributed by atoms with E-state index in [9.17, 15) is 4.79 Å². The van der Waals surface area contributed by atoms with Crippen molar-refractivity contribution in [2.75, 3.05) is 19.8 Å². The molecule has 0 bridgehead atoms. The van der Waals surface area contributed by atoms with Crippen LogP contribution in [0.3, 0.4) is 0 Å². The average Bonchev–Trinajstić information content (AvgIpc) is 2.21.